The molecule has 2 heterocycles. The van der Waals surface area contributed by atoms with Crippen LogP contribution in [0.15, 0.2) is 18.5 Å². The van der Waals surface area contributed by atoms with Crippen LogP contribution in [0, 0.1) is 0 Å². The molecule has 19 heavy (non-hydrogen) atoms. The van der Waals surface area contributed by atoms with Crippen molar-refractivity contribution in [3.63, 3.8) is 0 Å². The number of rotatable bonds is 3. The van der Waals surface area contributed by atoms with Gasteiger partial charge < -0.3 is 14.2 Å². The van der Waals surface area contributed by atoms with Gasteiger partial charge in [-0.15, -0.1) is 10.2 Å². The van der Waals surface area contributed by atoms with Gasteiger partial charge in [-0.1, -0.05) is 0 Å². The lowest BCUT2D eigenvalue weighted by molar-refractivity contribution is 0.355. The molecule has 0 aliphatic rings. The molecule has 0 amide bonds. The van der Waals surface area contributed by atoms with E-state index in [1.165, 1.54) is 0 Å². The molecule has 3 aromatic rings. The Bertz CT molecular complexity index is 753. The standard InChI is InChI=1S/C12H12N4O3/c1-17-9-4-7-8(5-10(9)18-2)14-12(19-3)16-6-13-15-11(7)16/h4-6H,1-3H3. The molecule has 7 nitrogen and oxygen atoms in total. The molecular weight excluding hydrogens is 248 g/mol. The van der Waals surface area contributed by atoms with Gasteiger partial charge in [0.2, 0.25) is 0 Å². The highest BCUT2D eigenvalue weighted by atomic mass is 16.5. The third kappa shape index (κ3) is 1.62. The van der Waals surface area contributed by atoms with Crippen LogP contribution in [-0.2, 0) is 0 Å². The van der Waals surface area contributed by atoms with Crippen LogP contribution in [0.3, 0.4) is 0 Å². The maximum Gasteiger partial charge on any atom is 0.303 e. The molecule has 0 radical (unpaired) electrons. The molecule has 3 rings (SSSR count). The minimum atomic E-state index is 0.416. The molecule has 1 aromatic carbocycles. The van der Waals surface area contributed by atoms with Gasteiger partial charge in [-0.05, 0) is 6.07 Å². The topological polar surface area (TPSA) is 70.8 Å². The van der Waals surface area contributed by atoms with Crippen LogP contribution < -0.4 is 14.2 Å². The van der Waals surface area contributed by atoms with E-state index in [2.05, 4.69) is 15.2 Å². The Morgan fingerprint density at radius 3 is 2.42 bits per heavy atom. The van der Waals surface area contributed by atoms with Crippen LogP contribution in [-0.4, -0.2) is 40.9 Å². The maximum absolute atomic E-state index is 5.28. The summed E-state index contributed by atoms with van der Waals surface area (Å²) in [4.78, 5) is 4.40. The molecular formula is C12H12N4O3. The molecule has 0 aliphatic carbocycles. The molecule has 2 aromatic heterocycles. The van der Waals surface area contributed by atoms with Crippen molar-refractivity contribution in [3.05, 3.63) is 18.5 Å². The number of fused-ring (bicyclic) bond motifs is 3. The number of nitrogens with zero attached hydrogens (tertiary/aromatic N) is 4. The van der Waals surface area contributed by atoms with Gasteiger partial charge in [0.1, 0.15) is 6.33 Å². The fourth-order valence-electron chi connectivity index (χ4n) is 2.00. The molecule has 0 N–H and O–H groups in total. The van der Waals surface area contributed by atoms with Gasteiger partial charge in [0.15, 0.2) is 17.1 Å². The molecule has 0 aliphatic heterocycles. The third-order valence-corrected chi connectivity index (χ3v) is 2.90. The van der Waals surface area contributed by atoms with E-state index in [1.807, 2.05) is 6.07 Å². The van der Waals surface area contributed by atoms with Crippen LogP contribution in [0.1, 0.15) is 0 Å². The molecule has 98 valence electrons. The first kappa shape index (κ1) is 11.5. The predicted molar refractivity (Wildman–Crippen MR) is 67.9 cm³/mol. The van der Waals surface area contributed by atoms with E-state index >= 15 is 0 Å². The Hall–Kier alpha value is -2.57. The van der Waals surface area contributed by atoms with E-state index in [0.717, 1.165) is 5.39 Å². The number of methoxy groups -OCH3 is 3. The van der Waals surface area contributed by atoms with Crippen molar-refractivity contribution in [1.82, 2.24) is 19.6 Å². The highest BCUT2D eigenvalue weighted by Crippen LogP contribution is 2.33. The Kier molecular flexibility index (Phi) is 2.59. The van der Waals surface area contributed by atoms with E-state index in [-0.39, 0.29) is 0 Å². The quantitative estimate of drug-likeness (QED) is 0.707. The monoisotopic (exact) mass is 260 g/mol. The van der Waals surface area contributed by atoms with Crippen molar-refractivity contribution in [2.45, 2.75) is 0 Å². The predicted octanol–water partition coefficient (Wildman–Crippen LogP) is 1.30. The minimum Gasteiger partial charge on any atom is -0.493 e. The Labute approximate surface area is 108 Å². The summed E-state index contributed by atoms with van der Waals surface area (Å²) in [5.74, 6) is 1.22. The van der Waals surface area contributed by atoms with Crippen LogP contribution in [0.5, 0.6) is 17.5 Å². The first-order chi connectivity index (χ1) is 9.28. The average Bonchev–Trinajstić information content (AvgIpc) is 2.94. The Morgan fingerprint density at radius 1 is 1.00 bits per heavy atom. The smallest absolute Gasteiger partial charge is 0.303 e. The second kappa shape index (κ2) is 4.27. The van der Waals surface area contributed by atoms with E-state index in [4.69, 9.17) is 14.2 Å². The minimum absolute atomic E-state index is 0.416. The molecule has 0 saturated carbocycles. The van der Waals surface area contributed by atoms with Crippen molar-refractivity contribution in [1.29, 1.82) is 0 Å². The van der Waals surface area contributed by atoms with Crippen LogP contribution in [0.25, 0.3) is 16.6 Å². The van der Waals surface area contributed by atoms with Gasteiger partial charge in [-0.3, -0.25) is 0 Å². The van der Waals surface area contributed by atoms with Crippen LogP contribution >= 0.6 is 0 Å². The lowest BCUT2D eigenvalue weighted by Crippen LogP contribution is -1.99. The molecule has 0 spiro atoms. The van der Waals surface area contributed by atoms with Gasteiger partial charge in [0.25, 0.3) is 0 Å². The molecule has 7 heteroatoms. The first-order valence-corrected chi connectivity index (χ1v) is 5.58. The lowest BCUT2D eigenvalue weighted by atomic mass is 10.2. The molecule has 0 unspecified atom stereocenters. The van der Waals surface area contributed by atoms with Gasteiger partial charge in [0.05, 0.1) is 26.8 Å². The molecule has 0 fully saturated rings. The van der Waals surface area contributed by atoms with E-state index < -0.39 is 0 Å². The third-order valence-electron chi connectivity index (χ3n) is 2.90. The summed E-state index contributed by atoms with van der Waals surface area (Å²) in [5, 5.41) is 8.78. The largest absolute Gasteiger partial charge is 0.493 e. The highest BCUT2D eigenvalue weighted by molar-refractivity contribution is 5.94. The lowest BCUT2D eigenvalue weighted by Gasteiger charge is -2.10. The first-order valence-electron chi connectivity index (χ1n) is 5.58. The van der Waals surface area contributed by atoms with Gasteiger partial charge in [0, 0.05) is 11.5 Å². The number of benzene rings is 1. The normalized spacial score (nSPS) is 10.9. The summed E-state index contributed by atoms with van der Waals surface area (Å²) >= 11 is 0. The van der Waals surface area contributed by atoms with Crippen molar-refractivity contribution in [2.75, 3.05) is 21.3 Å². The van der Waals surface area contributed by atoms with E-state index in [0.29, 0.717) is 28.7 Å². The molecule has 0 saturated heterocycles. The van der Waals surface area contributed by atoms with Crippen molar-refractivity contribution in [3.8, 4) is 17.5 Å². The van der Waals surface area contributed by atoms with E-state index in [1.54, 1.807) is 38.1 Å². The fourth-order valence-corrected chi connectivity index (χ4v) is 2.00. The summed E-state index contributed by atoms with van der Waals surface area (Å²) in [6.07, 6.45) is 1.55. The number of hydrogen-bond donors (Lipinski definition) is 0. The number of hydrogen-bond acceptors (Lipinski definition) is 6. The second-order valence-corrected chi connectivity index (χ2v) is 3.85. The van der Waals surface area contributed by atoms with E-state index in [9.17, 15) is 0 Å². The van der Waals surface area contributed by atoms with Crippen molar-refractivity contribution >= 4 is 16.6 Å². The summed E-state index contributed by atoms with van der Waals surface area (Å²) < 4.78 is 17.4. The maximum atomic E-state index is 5.28. The second-order valence-electron chi connectivity index (χ2n) is 3.85. The summed E-state index contributed by atoms with van der Waals surface area (Å²) in [6.45, 7) is 0. The van der Waals surface area contributed by atoms with Crippen LogP contribution in [0.4, 0.5) is 0 Å². The number of aromatic nitrogens is 4. The van der Waals surface area contributed by atoms with Gasteiger partial charge in [-0.2, -0.15) is 4.98 Å². The zero-order chi connectivity index (χ0) is 13.4. The van der Waals surface area contributed by atoms with Gasteiger partial charge in [-0.25, -0.2) is 4.40 Å². The molecule has 0 bridgehead atoms. The zero-order valence-electron chi connectivity index (χ0n) is 10.7. The molecule has 0 atom stereocenters. The fraction of sp³-hybridized carbons (Fsp3) is 0.250. The van der Waals surface area contributed by atoms with Crippen LogP contribution in [0.2, 0.25) is 0 Å². The Balaban J connectivity index is 2.43. The summed E-state index contributed by atoms with van der Waals surface area (Å²) in [6, 6.07) is 4.02. The number of ether oxygens (including phenoxy) is 3. The highest BCUT2D eigenvalue weighted by Gasteiger charge is 2.14. The zero-order valence-corrected chi connectivity index (χ0v) is 10.7. The SMILES string of the molecule is COc1cc2nc(OC)n3cnnc3c2cc1OC. The summed E-state index contributed by atoms with van der Waals surface area (Å²) in [5.41, 5.74) is 1.36. The van der Waals surface area contributed by atoms with Crippen molar-refractivity contribution in [2.24, 2.45) is 0 Å². The Morgan fingerprint density at radius 2 is 1.74 bits per heavy atom. The average molecular weight is 260 g/mol. The van der Waals surface area contributed by atoms with Gasteiger partial charge >= 0.3 is 6.01 Å². The summed E-state index contributed by atoms with van der Waals surface area (Å²) in [7, 11) is 4.71. The van der Waals surface area contributed by atoms with Crippen molar-refractivity contribution < 1.29 is 14.2 Å².